The molecule has 4 nitrogen and oxygen atoms in total. The molecule has 0 aromatic carbocycles. The van der Waals surface area contributed by atoms with Gasteiger partial charge in [0.2, 0.25) is 5.91 Å². The maximum absolute atomic E-state index is 12.1. The van der Waals surface area contributed by atoms with E-state index in [9.17, 15) is 14.7 Å². The number of carbonyl (C=O) groups is 2. The molecule has 0 aromatic rings. The van der Waals surface area contributed by atoms with Crippen LogP contribution in [0.25, 0.3) is 0 Å². The van der Waals surface area contributed by atoms with Crippen LogP contribution in [0.1, 0.15) is 45.4 Å². The number of rotatable bonds is 4. The molecule has 0 spiro atoms. The van der Waals surface area contributed by atoms with Crippen LogP contribution in [-0.2, 0) is 9.59 Å². The van der Waals surface area contributed by atoms with Crippen molar-refractivity contribution in [2.45, 2.75) is 51.5 Å². The SMILES string of the molecule is CCC1CC(C(=O)O)C(C(=O)NC2CCC2)C1. The fourth-order valence-corrected chi connectivity index (χ4v) is 2.90. The van der Waals surface area contributed by atoms with Crippen LogP contribution in [-0.4, -0.2) is 23.0 Å². The lowest BCUT2D eigenvalue weighted by Gasteiger charge is -2.28. The van der Waals surface area contributed by atoms with Gasteiger partial charge in [0.1, 0.15) is 0 Å². The summed E-state index contributed by atoms with van der Waals surface area (Å²) in [5.41, 5.74) is 0. The fraction of sp³-hybridized carbons (Fsp3) is 0.846. The first-order chi connectivity index (χ1) is 8.11. The Kier molecular flexibility index (Phi) is 3.69. The first-order valence-electron chi connectivity index (χ1n) is 6.65. The van der Waals surface area contributed by atoms with E-state index >= 15 is 0 Å². The third-order valence-corrected chi connectivity index (χ3v) is 4.34. The predicted molar refractivity (Wildman–Crippen MR) is 63.4 cm³/mol. The van der Waals surface area contributed by atoms with Gasteiger partial charge in [-0.25, -0.2) is 0 Å². The second-order valence-electron chi connectivity index (χ2n) is 5.43. The van der Waals surface area contributed by atoms with E-state index in [2.05, 4.69) is 12.2 Å². The van der Waals surface area contributed by atoms with Crippen LogP contribution >= 0.6 is 0 Å². The van der Waals surface area contributed by atoms with Crippen molar-refractivity contribution in [3.8, 4) is 0 Å². The Morgan fingerprint density at radius 3 is 2.35 bits per heavy atom. The highest BCUT2D eigenvalue weighted by Gasteiger charge is 2.42. The summed E-state index contributed by atoms with van der Waals surface area (Å²) in [6.07, 6.45) is 5.65. The van der Waals surface area contributed by atoms with Crippen molar-refractivity contribution in [3.05, 3.63) is 0 Å². The van der Waals surface area contributed by atoms with E-state index in [-0.39, 0.29) is 11.8 Å². The average Bonchev–Trinajstić information content (AvgIpc) is 2.67. The maximum atomic E-state index is 12.1. The number of aliphatic carboxylic acids is 1. The predicted octanol–water partition coefficient (Wildman–Crippen LogP) is 1.79. The molecule has 2 rings (SSSR count). The third-order valence-electron chi connectivity index (χ3n) is 4.34. The van der Waals surface area contributed by atoms with Crippen molar-refractivity contribution >= 4 is 11.9 Å². The molecule has 1 amide bonds. The van der Waals surface area contributed by atoms with Gasteiger partial charge >= 0.3 is 5.97 Å². The summed E-state index contributed by atoms with van der Waals surface area (Å²) < 4.78 is 0. The number of hydrogen-bond acceptors (Lipinski definition) is 2. The van der Waals surface area contributed by atoms with Crippen molar-refractivity contribution in [1.82, 2.24) is 5.32 Å². The molecule has 17 heavy (non-hydrogen) atoms. The lowest BCUT2D eigenvalue weighted by atomic mass is 9.90. The molecule has 2 N–H and O–H groups in total. The molecule has 2 saturated carbocycles. The van der Waals surface area contributed by atoms with E-state index in [1.807, 2.05) is 0 Å². The van der Waals surface area contributed by atoms with E-state index in [1.165, 1.54) is 6.42 Å². The van der Waals surface area contributed by atoms with Crippen LogP contribution in [0.5, 0.6) is 0 Å². The molecule has 2 aliphatic carbocycles. The third kappa shape index (κ3) is 2.61. The van der Waals surface area contributed by atoms with Crippen LogP contribution in [0, 0.1) is 17.8 Å². The minimum absolute atomic E-state index is 0.0296. The van der Waals surface area contributed by atoms with Gasteiger partial charge in [-0.15, -0.1) is 0 Å². The maximum Gasteiger partial charge on any atom is 0.307 e. The fourth-order valence-electron chi connectivity index (χ4n) is 2.90. The van der Waals surface area contributed by atoms with Gasteiger partial charge in [-0.2, -0.15) is 0 Å². The molecule has 0 aromatic heterocycles. The number of amides is 1. The van der Waals surface area contributed by atoms with Crippen LogP contribution < -0.4 is 5.32 Å². The molecule has 2 fully saturated rings. The van der Waals surface area contributed by atoms with Gasteiger partial charge in [0.15, 0.2) is 0 Å². The summed E-state index contributed by atoms with van der Waals surface area (Å²) in [7, 11) is 0. The van der Waals surface area contributed by atoms with Gasteiger partial charge in [-0.3, -0.25) is 9.59 Å². The average molecular weight is 239 g/mol. The van der Waals surface area contributed by atoms with E-state index in [0.29, 0.717) is 18.4 Å². The summed E-state index contributed by atoms with van der Waals surface area (Å²) >= 11 is 0. The second kappa shape index (κ2) is 5.07. The summed E-state index contributed by atoms with van der Waals surface area (Å²) in [5.74, 6) is -1.22. The molecule has 0 bridgehead atoms. The van der Waals surface area contributed by atoms with Crippen LogP contribution in [0.15, 0.2) is 0 Å². The topological polar surface area (TPSA) is 66.4 Å². The summed E-state index contributed by atoms with van der Waals surface area (Å²) in [4.78, 5) is 23.2. The summed E-state index contributed by atoms with van der Waals surface area (Å²) in [6.45, 7) is 2.07. The van der Waals surface area contributed by atoms with Gasteiger partial charge in [0.05, 0.1) is 11.8 Å². The zero-order valence-electron chi connectivity index (χ0n) is 10.3. The molecule has 2 aliphatic rings. The highest BCUT2D eigenvalue weighted by Crippen LogP contribution is 2.38. The molecular weight excluding hydrogens is 218 g/mol. The quantitative estimate of drug-likeness (QED) is 0.786. The minimum atomic E-state index is -0.810. The van der Waals surface area contributed by atoms with Crippen molar-refractivity contribution in [2.24, 2.45) is 17.8 Å². The lowest BCUT2D eigenvalue weighted by molar-refractivity contribution is -0.146. The molecule has 96 valence electrons. The highest BCUT2D eigenvalue weighted by atomic mass is 16.4. The highest BCUT2D eigenvalue weighted by molar-refractivity contribution is 5.85. The minimum Gasteiger partial charge on any atom is -0.481 e. The molecule has 0 radical (unpaired) electrons. The van der Waals surface area contributed by atoms with E-state index in [1.54, 1.807) is 0 Å². The summed E-state index contributed by atoms with van der Waals surface area (Å²) in [5, 5.41) is 12.2. The Hall–Kier alpha value is -1.06. The lowest BCUT2D eigenvalue weighted by Crippen LogP contribution is -2.44. The Labute approximate surface area is 102 Å². The molecule has 0 saturated heterocycles. The van der Waals surface area contributed by atoms with Crippen LogP contribution in [0.3, 0.4) is 0 Å². The molecule has 0 aliphatic heterocycles. The molecular formula is C13H21NO3. The van der Waals surface area contributed by atoms with Gasteiger partial charge in [-0.1, -0.05) is 13.3 Å². The Balaban J connectivity index is 1.96. The smallest absolute Gasteiger partial charge is 0.307 e. The molecule has 4 heteroatoms. The van der Waals surface area contributed by atoms with Crippen molar-refractivity contribution in [2.75, 3.05) is 0 Å². The van der Waals surface area contributed by atoms with Gasteiger partial charge in [-0.05, 0) is 38.0 Å². The zero-order chi connectivity index (χ0) is 12.4. The first-order valence-corrected chi connectivity index (χ1v) is 6.65. The molecule has 3 unspecified atom stereocenters. The summed E-state index contributed by atoms with van der Waals surface area (Å²) in [6, 6.07) is 0.303. The largest absolute Gasteiger partial charge is 0.481 e. The number of carboxylic acid groups (broad SMARTS) is 1. The number of carboxylic acids is 1. The van der Waals surface area contributed by atoms with Crippen LogP contribution in [0.4, 0.5) is 0 Å². The number of carbonyl (C=O) groups excluding carboxylic acids is 1. The monoisotopic (exact) mass is 239 g/mol. The van der Waals surface area contributed by atoms with Crippen molar-refractivity contribution in [3.63, 3.8) is 0 Å². The first kappa shape index (κ1) is 12.4. The number of hydrogen-bond donors (Lipinski definition) is 2. The molecule has 3 atom stereocenters. The van der Waals surface area contributed by atoms with Crippen LogP contribution in [0.2, 0.25) is 0 Å². The zero-order valence-corrected chi connectivity index (χ0v) is 10.3. The van der Waals surface area contributed by atoms with Gasteiger partial charge in [0.25, 0.3) is 0 Å². The van der Waals surface area contributed by atoms with Crippen molar-refractivity contribution in [1.29, 1.82) is 0 Å². The Bertz CT molecular complexity index is 312. The molecule has 0 heterocycles. The Morgan fingerprint density at radius 2 is 1.88 bits per heavy atom. The second-order valence-corrected chi connectivity index (χ2v) is 5.43. The normalized spacial score (nSPS) is 33.1. The number of nitrogens with one attached hydrogen (secondary N) is 1. The standard InChI is InChI=1S/C13H21NO3/c1-2-8-6-10(11(7-8)13(16)17)12(15)14-9-4-3-5-9/h8-11H,2-7H2,1H3,(H,14,15)(H,16,17). The van der Waals surface area contributed by atoms with E-state index < -0.39 is 11.9 Å². The van der Waals surface area contributed by atoms with Gasteiger partial charge < -0.3 is 10.4 Å². The Morgan fingerprint density at radius 1 is 1.24 bits per heavy atom. The van der Waals surface area contributed by atoms with Gasteiger partial charge in [0, 0.05) is 6.04 Å². The van der Waals surface area contributed by atoms with E-state index in [4.69, 9.17) is 0 Å². The van der Waals surface area contributed by atoms with Crippen molar-refractivity contribution < 1.29 is 14.7 Å². The van der Waals surface area contributed by atoms with E-state index in [0.717, 1.165) is 25.7 Å².